The van der Waals surface area contributed by atoms with Crippen LogP contribution in [-0.2, 0) is 5.41 Å². The van der Waals surface area contributed by atoms with E-state index in [0.29, 0.717) is 10.7 Å². The normalized spacial score (nSPS) is 12.0. The van der Waals surface area contributed by atoms with E-state index in [2.05, 4.69) is 36.2 Å². The highest BCUT2D eigenvalue weighted by atomic mass is 32.1. The largest absolute Gasteiger partial charge is 0.306 e. The Hall–Kier alpha value is -1.69. The maximum Gasteiger partial charge on any atom is 0.268 e. The van der Waals surface area contributed by atoms with Crippen LogP contribution < -0.4 is 5.32 Å². The molecule has 0 radical (unpaired) electrons. The summed E-state index contributed by atoms with van der Waals surface area (Å²) >= 11 is 1.46. The van der Waals surface area contributed by atoms with Gasteiger partial charge in [-0.15, -0.1) is 11.3 Å². The van der Waals surface area contributed by atoms with Gasteiger partial charge in [-0.3, -0.25) is 4.79 Å². The summed E-state index contributed by atoms with van der Waals surface area (Å²) < 4.78 is 1.79. The summed E-state index contributed by atoms with van der Waals surface area (Å²) in [5.41, 5.74) is 0.728. The zero-order valence-corrected chi connectivity index (χ0v) is 14.2. The van der Waals surface area contributed by atoms with E-state index >= 15 is 0 Å². The first-order valence-corrected chi connectivity index (χ1v) is 7.84. The maximum atomic E-state index is 12.5. The molecule has 0 aromatic carbocycles. The SMILES string of the molecule is Cc1nc(C(C)(C)C)sc1C(=O)Nc1ccnn1C(C)C. The Labute approximate surface area is 129 Å². The van der Waals surface area contributed by atoms with Crippen molar-refractivity contribution in [3.8, 4) is 0 Å². The van der Waals surface area contributed by atoms with Crippen molar-refractivity contribution < 1.29 is 4.79 Å². The lowest BCUT2D eigenvalue weighted by Gasteiger charge is -2.13. The Morgan fingerprint density at radius 3 is 2.57 bits per heavy atom. The molecule has 0 bridgehead atoms. The fourth-order valence-electron chi connectivity index (χ4n) is 1.93. The predicted molar refractivity (Wildman–Crippen MR) is 86.1 cm³/mol. The molecule has 2 rings (SSSR count). The predicted octanol–water partition coefficient (Wildman–Crippen LogP) is 3.78. The summed E-state index contributed by atoms with van der Waals surface area (Å²) in [6.45, 7) is 12.2. The van der Waals surface area contributed by atoms with Gasteiger partial charge in [-0.05, 0) is 20.8 Å². The summed E-state index contributed by atoms with van der Waals surface area (Å²) in [4.78, 5) is 17.7. The van der Waals surface area contributed by atoms with Gasteiger partial charge in [0.25, 0.3) is 5.91 Å². The molecular weight excluding hydrogens is 284 g/mol. The van der Waals surface area contributed by atoms with Gasteiger partial charge in [0.05, 0.1) is 16.9 Å². The third-order valence-corrected chi connectivity index (χ3v) is 4.63. The van der Waals surface area contributed by atoms with E-state index in [4.69, 9.17) is 0 Å². The average Bonchev–Trinajstić information content (AvgIpc) is 2.94. The summed E-state index contributed by atoms with van der Waals surface area (Å²) in [6.07, 6.45) is 1.69. The number of hydrogen-bond donors (Lipinski definition) is 1. The number of anilines is 1. The highest BCUT2D eigenvalue weighted by Gasteiger charge is 2.23. The van der Waals surface area contributed by atoms with Crippen LogP contribution in [0.3, 0.4) is 0 Å². The topological polar surface area (TPSA) is 59.8 Å². The fourth-order valence-corrected chi connectivity index (χ4v) is 2.94. The number of nitrogens with one attached hydrogen (secondary N) is 1. The molecule has 0 spiro atoms. The molecule has 114 valence electrons. The van der Waals surface area contributed by atoms with Gasteiger partial charge in [0.2, 0.25) is 0 Å². The van der Waals surface area contributed by atoms with Crippen molar-refractivity contribution in [2.75, 3.05) is 5.32 Å². The standard InChI is InChI=1S/C15H22N4OS/c1-9(2)19-11(7-8-16-19)18-13(20)12-10(3)17-14(21-12)15(4,5)6/h7-9H,1-6H3,(H,18,20). The number of amides is 1. The summed E-state index contributed by atoms with van der Waals surface area (Å²) in [7, 11) is 0. The zero-order chi connectivity index (χ0) is 15.8. The minimum Gasteiger partial charge on any atom is -0.306 e. The van der Waals surface area contributed by atoms with Gasteiger partial charge in [0.1, 0.15) is 10.7 Å². The first-order chi connectivity index (χ1) is 9.70. The van der Waals surface area contributed by atoms with Gasteiger partial charge in [-0.2, -0.15) is 5.10 Å². The Kier molecular flexibility index (Phi) is 4.18. The number of aromatic nitrogens is 3. The first kappa shape index (κ1) is 15.7. The molecule has 1 N–H and O–H groups in total. The highest BCUT2D eigenvalue weighted by molar-refractivity contribution is 7.14. The second-order valence-corrected chi connectivity index (χ2v) is 7.39. The van der Waals surface area contributed by atoms with Crippen molar-refractivity contribution >= 4 is 23.1 Å². The lowest BCUT2D eigenvalue weighted by atomic mass is 9.98. The van der Waals surface area contributed by atoms with Gasteiger partial charge in [0, 0.05) is 17.5 Å². The van der Waals surface area contributed by atoms with Crippen LogP contribution in [0.4, 0.5) is 5.82 Å². The molecule has 0 aliphatic heterocycles. The first-order valence-electron chi connectivity index (χ1n) is 7.03. The smallest absolute Gasteiger partial charge is 0.268 e. The Bertz CT molecular complexity index is 649. The van der Waals surface area contributed by atoms with Crippen molar-refractivity contribution in [2.45, 2.75) is 53.0 Å². The molecule has 0 atom stereocenters. The molecule has 21 heavy (non-hydrogen) atoms. The number of thiazole rings is 1. The third kappa shape index (κ3) is 3.32. The lowest BCUT2D eigenvalue weighted by Crippen LogP contribution is -2.16. The highest BCUT2D eigenvalue weighted by Crippen LogP contribution is 2.29. The van der Waals surface area contributed by atoms with E-state index in [1.807, 2.05) is 20.8 Å². The minimum absolute atomic E-state index is 0.0480. The summed E-state index contributed by atoms with van der Waals surface area (Å²) in [5.74, 6) is 0.586. The van der Waals surface area contributed by atoms with Crippen LogP contribution >= 0.6 is 11.3 Å². The monoisotopic (exact) mass is 306 g/mol. The molecule has 1 amide bonds. The third-order valence-electron chi connectivity index (χ3n) is 3.05. The number of hydrogen-bond acceptors (Lipinski definition) is 4. The number of carbonyl (C=O) groups excluding carboxylic acids is 1. The molecule has 2 aromatic heterocycles. The Morgan fingerprint density at radius 2 is 2.05 bits per heavy atom. The van der Waals surface area contributed by atoms with E-state index in [0.717, 1.165) is 10.7 Å². The number of carbonyl (C=O) groups is 1. The molecular formula is C15H22N4OS. The fraction of sp³-hybridized carbons (Fsp3) is 0.533. The van der Waals surface area contributed by atoms with E-state index in [1.54, 1.807) is 16.9 Å². The summed E-state index contributed by atoms with van der Waals surface area (Å²) in [6, 6.07) is 2.00. The van der Waals surface area contributed by atoms with Crippen molar-refractivity contribution in [1.82, 2.24) is 14.8 Å². The van der Waals surface area contributed by atoms with E-state index in [1.165, 1.54) is 11.3 Å². The van der Waals surface area contributed by atoms with Crippen molar-refractivity contribution in [1.29, 1.82) is 0 Å². The van der Waals surface area contributed by atoms with E-state index in [-0.39, 0.29) is 17.4 Å². The van der Waals surface area contributed by atoms with Gasteiger partial charge in [-0.1, -0.05) is 20.8 Å². The molecule has 6 heteroatoms. The quantitative estimate of drug-likeness (QED) is 0.938. The second kappa shape index (κ2) is 5.60. The van der Waals surface area contributed by atoms with Gasteiger partial charge in [-0.25, -0.2) is 9.67 Å². The van der Waals surface area contributed by atoms with Crippen LogP contribution in [0.5, 0.6) is 0 Å². The van der Waals surface area contributed by atoms with Crippen LogP contribution in [0.2, 0.25) is 0 Å². The van der Waals surface area contributed by atoms with Crippen LogP contribution in [-0.4, -0.2) is 20.7 Å². The average molecular weight is 306 g/mol. The molecule has 0 fully saturated rings. The molecule has 0 saturated carbocycles. The second-order valence-electron chi connectivity index (χ2n) is 6.39. The summed E-state index contributed by atoms with van der Waals surface area (Å²) in [5, 5.41) is 8.12. The van der Waals surface area contributed by atoms with Crippen LogP contribution in [0.1, 0.15) is 61.0 Å². The number of nitrogens with zero attached hydrogens (tertiary/aromatic N) is 3. The molecule has 0 unspecified atom stereocenters. The molecule has 0 saturated heterocycles. The van der Waals surface area contributed by atoms with Crippen molar-refractivity contribution in [3.05, 3.63) is 27.8 Å². The van der Waals surface area contributed by atoms with Crippen molar-refractivity contribution in [3.63, 3.8) is 0 Å². The molecule has 0 aliphatic carbocycles. The zero-order valence-electron chi connectivity index (χ0n) is 13.4. The van der Waals surface area contributed by atoms with Crippen LogP contribution in [0, 0.1) is 6.92 Å². The van der Waals surface area contributed by atoms with Crippen LogP contribution in [0.15, 0.2) is 12.3 Å². The van der Waals surface area contributed by atoms with Gasteiger partial charge >= 0.3 is 0 Å². The van der Waals surface area contributed by atoms with Gasteiger partial charge < -0.3 is 5.32 Å². The van der Waals surface area contributed by atoms with E-state index < -0.39 is 0 Å². The number of aryl methyl sites for hydroxylation is 1. The Morgan fingerprint density at radius 1 is 1.38 bits per heavy atom. The molecule has 0 aliphatic rings. The Balaban J connectivity index is 2.25. The molecule has 5 nitrogen and oxygen atoms in total. The molecule has 2 aromatic rings. The van der Waals surface area contributed by atoms with Crippen LogP contribution in [0.25, 0.3) is 0 Å². The number of rotatable bonds is 3. The maximum absolute atomic E-state index is 12.5. The molecule has 2 heterocycles. The lowest BCUT2D eigenvalue weighted by molar-refractivity contribution is 0.102. The van der Waals surface area contributed by atoms with Gasteiger partial charge in [0.15, 0.2) is 0 Å². The minimum atomic E-state index is -0.122. The van der Waals surface area contributed by atoms with Crippen molar-refractivity contribution in [2.24, 2.45) is 0 Å². The van der Waals surface area contributed by atoms with E-state index in [9.17, 15) is 4.79 Å².